The summed E-state index contributed by atoms with van der Waals surface area (Å²) in [4.78, 5) is 4.39. The third kappa shape index (κ3) is 4.80. The topological polar surface area (TPSA) is 34.2 Å². The van der Waals surface area contributed by atoms with Crippen LogP contribution in [0.2, 0.25) is 0 Å². The summed E-state index contributed by atoms with van der Waals surface area (Å²) in [5, 5.41) is 3.38. The summed E-state index contributed by atoms with van der Waals surface area (Å²) in [6.07, 6.45) is 2.86. The zero-order valence-corrected chi connectivity index (χ0v) is 15.3. The predicted molar refractivity (Wildman–Crippen MR) is 92.9 cm³/mol. The van der Waals surface area contributed by atoms with Gasteiger partial charge in [0.25, 0.3) is 0 Å². The molecule has 21 heavy (non-hydrogen) atoms. The Morgan fingerprint density at radius 1 is 1.19 bits per heavy atom. The first-order chi connectivity index (χ1) is 10.1. The Labute approximate surface area is 142 Å². The highest BCUT2D eigenvalue weighted by atomic mass is 79.9. The number of aromatic nitrogens is 1. The minimum absolute atomic E-state index is 0.646. The van der Waals surface area contributed by atoms with Gasteiger partial charge in [0, 0.05) is 27.3 Å². The molecule has 2 rings (SSSR count). The fourth-order valence-electron chi connectivity index (χ4n) is 1.92. The number of hydrogen-bond donors (Lipinski definition) is 1. The van der Waals surface area contributed by atoms with E-state index in [1.807, 2.05) is 31.2 Å². The Balaban J connectivity index is 2.22. The zero-order valence-electron chi connectivity index (χ0n) is 12.1. The number of ether oxygens (including phenoxy) is 1. The van der Waals surface area contributed by atoms with Crippen molar-refractivity contribution in [2.24, 2.45) is 0 Å². The van der Waals surface area contributed by atoms with E-state index in [0.29, 0.717) is 5.88 Å². The second-order valence-electron chi connectivity index (χ2n) is 4.81. The van der Waals surface area contributed by atoms with E-state index in [0.717, 1.165) is 45.3 Å². The standard InChI is InChI=1S/C16H18Br2N2O/c1-3-6-19-9-12-8-14(18)10-20-16(12)21-15-5-4-13(17)7-11(15)2/h4-5,7-8,10,19H,3,6,9H2,1-2H3. The zero-order chi connectivity index (χ0) is 15.2. The van der Waals surface area contributed by atoms with Crippen LogP contribution in [0.25, 0.3) is 0 Å². The van der Waals surface area contributed by atoms with Crippen molar-refractivity contribution in [2.45, 2.75) is 26.8 Å². The van der Waals surface area contributed by atoms with Gasteiger partial charge in [-0.05, 0) is 65.6 Å². The maximum Gasteiger partial charge on any atom is 0.223 e. The van der Waals surface area contributed by atoms with Crippen LogP contribution in [0.5, 0.6) is 11.6 Å². The molecule has 0 unspecified atom stereocenters. The van der Waals surface area contributed by atoms with Crippen molar-refractivity contribution in [1.82, 2.24) is 10.3 Å². The molecule has 0 spiro atoms. The summed E-state index contributed by atoms with van der Waals surface area (Å²) in [5.41, 5.74) is 2.11. The van der Waals surface area contributed by atoms with Crippen LogP contribution in [0.1, 0.15) is 24.5 Å². The maximum atomic E-state index is 5.99. The molecule has 0 fully saturated rings. The minimum Gasteiger partial charge on any atom is -0.438 e. The molecule has 0 amide bonds. The Hall–Kier alpha value is -0.910. The van der Waals surface area contributed by atoms with Crippen molar-refractivity contribution in [2.75, 3.05) is 6.54 Å². The molecule has 1 aromatic carbocycles. The average Bonchev–Trinajstić information content (AvgIpc) is 2.44. The number of hydrogen-bond acceptors (Lipinski definition) is 3. The number of nitrogens with one attached hydrogen (secondary N) is 1. The number of halogens is 2. The van der Waals surface area contributed by atoms with E-state index in [1.165, 1.54) is 0 Å². The fourth-order valence-corrected chi connectivity index (χ4v) is 2.77. The molecule has 3 nitrogen and oxygen atoms in total. The van der Waals surface area contributed by atoms with E-state index >= 15 is 0 Å². The van der Waals surface area contributed by atoms with E-state index in [1.54, 1.807) is 6.20 Å². The third-order valence-corrected chi connectivity index (χ3v) is 3.90. The molecule has 5 heteroatoms. The average molecular weight is 414 g/mol. The van der Waals surface area contributed by atoms with Crippen molar-refractivity contribution in [3.05, 3.63) is 50.5 Å². The van der Waals surface area contributed by atoms with Crippen molar-refractivity contribution in [1.29, 1.82) is 0 Å². The van der Waals surface area contributed by atoms with Gasteiger partial charge in [-0.1, -0.05) is 22.9 Å². The van der Waals surface area contributed by atoms with Gasteiger partial charge < -0.3 is 10.1 Å². The normalized spacial score (nSPS) is 10.7. The SMILES string of the molecule is CCCNCc1cc(Br)cnc1Oc1ccc(Br)cc1C. The first-order valence-corrected chi connectivity index (χ1v) is 8.48. The van der Waals surface area contributed by atoms with Gasteiger partial charge in [0.2, 0.25) is 5.88 Å². The molecule has 0 bridgehead atoms. The van der Waals surface area contributed by atoms with Crippen molar-refractivity contribution >= 4 is 31.9 Å². The van der Waals surface area contributed by atoms with Crippen LogP contribution in [-0.4, -0.2) is 11.5 Å². The van der Waals surface area contributed by atoms with Gasteiger partial charge in [-0.3, -0.25) is 0 Å². The molecule has 2 aromatic rings. The summed E-state index contributed by atoms with van der Waals surface area (Å²) in [7, 11) is 0. The molecule has 1 aromatic heterocycles. The first-order valence-electron chi connectivity index (χ1n) is 6.89. The largest absolute Gasteiger partial charge is 0.438 e. The third-order valence-electron chi connectivity index (χ3n) is 2.98. The molecule has 0 aliphatic carbocycles. The van der Waals surface area contributed by atoms with E-state index in [4.69, 9.17) is 4.74 Å². The molecule has 0 atom stereocenters. The van der Waals surface area contributed by atoms with E-state index in [-0.39, 0.29) is 0 Å². The highest BCUT2D eigenvalue weighted by Gasteiger charge is 2.09. The molecule has 0 aliphatic heterocycles. The van der Waals surface area contributed by atoms with Crippen LogP contribution in [0.3, 0.4) is 0 Å². The van der Waals surface area contributed by atoms with E-state index < -0.39 is 0 Å². The number of nitrogens with zero attached hydrogens (tertiary/aromatic N) is 1. The Bertz CT molecular complexity index is 617. The minimum atomic E-state index is 0.646. The van der Waals surface area contributed by atoms with Gasteiger partial charge in [-0.15, -0.1) is 0 Å². The van der Waals surface area contributed by atoms with Gasteiger partial charge >= 0.3 is 0 Å². The molecule has 0 saturated carbocycles. The highest BCUT2D eigenvalue weighted by molar-refractivity contribution is 9.10. The molecule has 0 radical (unpaired) electrons. The quantitative estimate of drug-likeness (QED) is 0.660. The van der Waals surface area contributed by atoms with Gasteiger partial charge in [0.15, 0.2) is 0 Å². The number of benzene rings is 1. The van der Waals surface area contributed by atoms with E-state index in [2.05, 4.69) is 49.1 Å². The van der Waals surface area contributed by atoms with Gasteiger partial charge in [0.1, 0.15) is 5.75 Å². The van der Waals surface area contributed by atoms with Crippen LogP contribution in [0.15, 0.2) is 39.4 Å². The lowest BCUT2D eigenvalue weighted by atomic mass is 10.2. The summed E-state index contributed by atoms with van der Waals surface area (Å²) < 4.78 is 7.99. The monoisotopic (exact) mass is 412 g/mol. The number of rotatable bonds is 6. The molecular formula is C16H18Br2N2O. The van der Waals surface area contributed by atoms with Gasteiger partial charge in [-0.25, -0.2) is 4.98 Å². The lowest BCUT2D eigenvalue weighted by Crippen LogP contribution is -2.14. The summed E-state index contributed by atoms with van der Waals surface area (Å²) in [6, 6.07) is 7.99. The van der Waals surface area contributed by atoms with Crippen molar-refractivity contribution in [3.63, 3.8) is 0 Å². The Kier molecular flexibility index (Phi) is 6.21. The van der Waals surface area contributed by atoms with E-state index in [9.17, 15) is 0 Å². The molecule has 0 saturated heterocycles. The van der Waals surface area contributed by atoms with Crippen LogP contribution < -0.4 is 10.1 Å². The number of aryl methyl sites for hydroxylation is 1. The highest BCUT2D eigenvalue weighted by Crippen LogP contribution is 2.29. The second kappa shape index (κ2) is 7.92. The van der Waals surface area contributed by atoms with Gasteiger partial charge in [0.05, 0.1) is 0 Å². The van der Waals surface area contributed by atoms with Crippen LogP contribution in [-0.2, 0) is 6.54 Å². The second-order valence-corrected chi connectivity index (χ2v) is 6.64. The Morgan fingerprint density at radius 3 is 2.71 bits per heavy atom. The number of pyridine rings is 1. The predicted octanol–water partition coefficient (Wildman–Crippen LogP) is 5.21. The summed E-state index contributed by atoms with van der Waals surface area (Å²) >= 11 is 6.92. The lowest BCUT2D eigenvalue weighted by Gasteiger charge is -2.13. The molecule has 112 valence electrons. The summed E-state index contributed by atoms with van der Waals surface area (Å²) in [5.74, 6) is 1.47. The molecular weight excluding hydrogens is 396 g/mol. The van der Waals surface area contributed by atoms with Crippen LogP contribution in [0, 0.1) is 6.92 Å². The van der Waals surface area contributed by atoms with Crippen LogP contribution >= 0.6 is 31.9 Å². The maximum absolute atomic E-state index is 5.99. The fraction of sp³-hybridized carbons (Fsp3) is 0.312. The first kappa shape index (κ1) is 16.5. The van der Waals surface area contributed by atoms with Crippen molar-refractivity contribution in [3.8, 4) is 11.6 Å². The van der Waals surface area contributed by atoms with Gasteiger partial charge in [-0.2, -0.15) is 0 Å². The molecule has 1 N–H and O–H groups in total. The molecule has 1 heterocycles. The van der Waals surface area contributed by atoms with Crippen molar-refractivity contribution < 1.29 is 4.74 Å². The smallest absolute Gasteiger partial charge is 0.223 e. The lowest BCUT2D eigenvalue weighted by molar-refractivity contribution is 0.449. The summed E-state index contributed by atoms with van der Waals surface area (Å²) in [6.45, 7) is 5.89. The Morgan fingerprint density at radius 2 is 2.00 bits per heavy atom. The molecule has 0 aliphatic rings. The van der Waals surface area contributed by atoms with Crippen LogP contribution in [0.4, 0.5) is 0 Å².